The van der Waals surface area contributed by atoms with Crippen molar-refractivity contribution in [3.8, 4) is 11.1 Å². The van der Waals surface area contributed by atoms with E-state index in [0.29, 0.717) is 10.6 Å². The summed E-state index contributed by atoms with van der Waals surface area (Å²) in [6.45, 7) is 3.76. The van der Waals surface area contributed by atoms with Crippen LogP contribution < -0.4 is 5.56 Å². The van der Waals surface area contributed by atoms with Crippen LogP contribution in [0.25, 0.3) is 33.1 Å². The zero-order chi connectivity index (χ0) is 16.1. The van der Waals surface area contributed by atoms with E-state index in [-0.39, 0.29) is 5.56 Å². The average Bonchev–Trinajstić information content (AvgIpc) is 2.87. The van der Waals surface area contributed by atoms with Gasteiger partial charge in [-0.1, -0.05) is 17.7 Å². The van der Waals surface area contributed by atoms with Crippen LogP contribution in [0.5, 0.6) is 0 Å². The molecule has 4 nitrogen and oxygen atoms in total. The fourth-order valence-corrected chi connectivity index (χ4v) is 3.14. The highest BCUT2D eigenvalue weighted by Gasteiger charge is 2.15. The van der Waals surface area contributed by atoms with E-state index in [1.807, 2.05) is 44.2 Å². The lowest BCUT2D eigenvalue weighted by molar-refractivity contribution is 1.19. The third kappa shape index (κ3) is 2.14. The van der Waals surface area contributed by atoms with Crippen LogP contribution in [0.15, 0.2) is 41.3 Å². The molecule has 4 rings (SSSR count). The molecule has 23 heavy (non-hydrogen) atoms. The maximum Gasteiger partial charge on any atom is 0.252 e. The molecule has 0 aliphatic rings. The highest BCUT2D eigenvalue weighted by atomic mass is 35.5. The van der Waals surface area contributed by atoms with E-state index in [9.17, 15) is 4.79 Å². The molecule has 0 bridgehead atoms. The largest absolute Gasteiger partial charge is 0.353 e. The van der Waals surface area contributed by atoms with Crippen molar-refractivity contribution < 1.29 is 0 Å². The summed E-state index contributed by atoms with van der Waals surface area (Å²) in [6, 6.07) is 9.54. The average molecular weight is 324 g/mol. The second kappa shape index (κ2) is 4.96. The van der Waals surface area contributed by atoms with Gasteiger partial charge in [0.2, 0.25) is 0 Å². The predicted octanol–water partition coefficient (Wildman–Crippen LogP) is 4.34. The molecule has 0 aliphatic heterocycles. The van der Waals surface area contributed by atoms with Gasteiger partial charge in [-0.2, -0.15) is 0 Å². The highest BCUT2D eigenvalue weighted by molar-refractivity contribution is 6.31. The lowest BCUT2D eigenvalue weighted by Gasteiger charge is -2.07. The van der Waals surface area contributed by atoms with Crippen LogP contribution in [0, 0.1) is 13.8 Å². The summed E-state index contributed by atoms with van der Waals surface area (Å²) >= 11 is 6.11. The molecule has 0 unspecified atom stereocenters. The van der Waals surface area contributed by atoms with Crippen molar-refractivity contribution in [2.24, 2.45) is 0 Å². The molecular weight excluding hydrogens is 310 g/mol. The molecule has 3 aromatic heterocycles. The van der Waals surface area contributed by atoms with Crippen molar-refractivity contribution >= 4 is 33.5 Å². The molecule has 114 valence electrons. The minimum absolute atomic E-state index is 0.103. The van der Waals surface area contributed by atoms with Crippen LogP contribution in [0.1, 0.15) is 11.3 Å². The Morgan fingerprint density at radius 3 is 2.61 bits per heavy atom. The topological polar surface area (TPSA) is 61.5 Å². The van der Waals surface area contributed by atoms with Gasteiger partial charge in [-0.15, -0.1) is 0 Å². The number of aromatic amines is 2. The zero-order valence-corrected chi connectivity index (χ0v) is 13.5. The number of halogens is 1. The van der Waals surface area contributed by atoms with Crippen molar-refractivity contribution in [2.75, 3.05) is 0 Å². The number of hydrogen-bond acceptors (Lipinski definition) is 2. The van der Waals surface area contributed by atoms with Gasteiger partial charge in [0.05, 0.1) is 11.0 Å². The summed E-state index contributed by atoms with van der Waals surface area (Å²) in [5.74, 6) is 0. The molecule has 0 aliphatic carbocycles. The number of benzene rings is 1. The van der Waals surface area contributed by atoms with Crippen LogP contribution in [0.2, 0.25) is 5.02 Å². The molecule has 0 atom stereocenters. The number of aryl methyl sites for hydroxylation is 1. The lowest BCUT2D eigenvalue weighted by atomic mass is 10.0. The van der Waals surface area contributed by atoms with E-state index in [1.165, 1.54) is 0 Å². The Kier molecular flexibility index (Phi) is 3.03. The second-order valence-corrected chi connectivity index (χ2v) is 6.14. The van der Waals surface area contributed by atoms with Crippen LogP contribution in [0.4, 0.5) is 0 Å². The first kappa shape index (κ1) is 14.0. The number of nitrogens with one attached hydrogen (secondary N) is 2. The SMILES string of the molecule is Cc1ccc(-c2c(C)c(=O)[nH]c3c2[nH]c2ccc(Cl)cc23)cn1. The number of H-pyrrole nitrogens is 2. The third-order valence-electron chi connectivity index (χ3n) is 4.16. The maximum absolute atomic E-state index is 12.4. The van der Waals surface area contributed by atoms with Gasteiger partial charge in [-0.05, 0) is 38.1 Å². The molecule has 2 N–H and O–H groups in total. The molecular formula is C18H14ClN3O. The van der Waals surface area contributed by atoms with Crippen molar-refractivity contribution in [1.29, 1.82) is 0 Å². The van der Waals surface area contributed by atoms with Gasteiger partial charge in [0.15, 0.2) is 0 Å². The van der Waals surface area contributed by atoms with E-state index in [2.05, 4.69) is 15.0 Å². The molecule has 5 heteroatoms. The molecule has 0 fully saturated rings. The highest BCUT2D eigenvalue weighted by Crippen LogP contribution is 2.33. The Morgan fingerprint density at radius 1 is 1.04 bits per heavy atom. The molecule has 3 heterocycles. The summed E-state index contributed by atoms with van der Waals surface area (Å²) in [6.07, 6.45) is 1.80. The lowest BCUT2D eigenvalue weighted by Crippen LogP contribution is -2.11. The summed E-state index contributed by atoms with van der Waals surface area (Å²) in [7, 11) is 0. The molecule has 0 saturated heterocycles. The van der Waals surface area contributed by atoms with E-state index in [0.717, 1.165) is 38.8 Å². The number of aromatic nitrogens is 3. The van der Waals surface area contributed by atoms with Crippen molar-refractivity contribution in [1.82, 2.24) is 15.0 Å². The van der Waals surface area contributed by atoms with Crippen molar-refractivity contribution in [3.63, 3.8) is 0 Å². The van der Waals surface area contributed by atoms with Gasteiger partial charge in [0.1, 0.15) is 0 Å². The predicted molar refractivity (Wildman–Crippen MR) is 94.1 cm³/mol. The number of rotatable bonds is 1. The fraction of sp³-hybridized carbons (Fsp3) is 0.111. The maximum atomic E-state index is 12.4. The summed E-state index contributed by atoms with van der Waals surface area (Å²) < 4.78 is 0. The summed E-state index contributed by atoms with van der Waals surface area (Å²) in [4.78, 5) is 23.1. The number of fused-ring (bicyclic) bond motifs is 3. The Bertz CT molecular complexity index is 1110. The second-order valence-electron chi connectivity index (χ2n) is 5.71. The molecule has 0 spiro atoms. The van der Waals surface area contributed by atoms with Crippen molar-refractivity contribution in [2.45, 2.75) is 13.8 Å². The van der Waals surface area contributed by atoms with Crippen LogP contribution >= 0.6 is 11.6 Å². The standard InChI is InChI=1S/C18H14ClN3O/c1-9-3-4-11(8-20-9)15-10(2)18(23)22-16-13-7-12(19)5-6-14(13)21-17(15)16/h3-8,21H,1-2H3,(H,22,23). The number of pyridine rings is 2. The van der Waals surface area contributed by atoms with E-state index < -0.39 is 0 Å². The van der Waals surface area contributed by atoms with Crippen LogP contribution in [-0.2, 0) is 0 Å². The smallest absolute Gasteiger partial charge is 0.252 e. The van der Waals surface area contributed by atoms with Crippen LogP contribution in [0.3, 0.4) is 0 Å². The quantitative estimate of drug-likeness (QED) is 0.547. The van der Waals surface area contributed by atoms with Gasteiger partial charge in [-0.25, -0.2) is 0 Å². The fourth-order valence-electron chi connectivity index (χ4n) is 2.97. The van der Waals surface area contributed by atoms with Crippen molar-refractivity contribution in [3.05, 3.63) is 63.2 Å². The Balaban J connectivity index is 2.18. The third-order valence-corrected chi connectivity index (χ3v) is 4.40. The Morgan fingerprint density at radius 2 is 1.87 bits per heavy atom. The first-order chi connectivity index (χ1) is 11.0. The first-order valence-corrected chi connectivity index (χ1v) is 7.69. The van der Waals surface area contributed by atoms with E-state index in [1.54, 1.807) is 6.20 Å². The number of nitrogens with zero attached hydrogens (tertiary/aromatic N) is 1. The van der Waals surface area contributed by atoms with E-state index in [4.69, 9.17) is 11.6 Å². The minimum atomic E-state index is -0.103. The number of hydrogen-bond donors (Lipinski definition) is 2. The molecule has 4 aromatic rings. The monoisotopic (exact) mass is 323 g/mol. The van der Waals surface area contributed by atoms with Gasteiger partial charge >= 0.3 is 0 Å². The first-order valence-electron chi connectivity index (χ1n) is 7.31. The molecule has 1 aromatic carbocycles. The van der Waals surface area contributed by atoms with Gasteiger partial charge in [0, 0.05) is 44.5 Å². The van der Waals surface area contributed by atoms with Gasteiger partial charge in [0.25, 0.3) is 5.56 Å². The molecule has 0 amide bonds. The van der Waals surface area contributed by atoms with Gasteiger partial charge in [-0.3, -0.25) is 9.78 Å². The van der Waals surface area contributed by atoms with Crippen LogP contribution in [-0.4, -0.2) is 15.0 Å². The summed E-state index contributed by atoms with van der Waals surface area (Å²) in [5.41, 5.74) is 5.90. The molecule has 0 radical (unpaired) electrons. The van der Waals surface area contributed by atoms with E-state index >= 15 is 0 Å². The van der Waals surface area contributed by atoms with Gasteiger partial charge < -0.3 is 9.97 Å². The Labute approximate surface area is 137 Å². The summed E-state index contributed by atoms with van der Waals surface area (Å²) in [5, 5.41) is 1.55. The normalized spacial score (nSPS) is 11.4. The molecule has 0 saturated carbocycles. The zero-order valence-electron chi connectivity index (χ0n) is 12.7. The Hall–Kier alpha value is -2.59. The minimum Gasteiger partial charge on any atom is -0.353 e.